The summed E-state index contributed by atoms with van der Waals surface area (Å²) in [7, 11) is -3.93. The van der Waals surface area contributed by atoms with E-state index in [1.165, 1.54) is 12.7 Å². The minimum absolute atomic E-state index is 0.0589. The molecule has 0 aromatic carbocycles. The molecule has 9 nitrogen and oxygen atoms in total. The first-order valence-electron chi connectivity index (χ1n) is 7.07. The molecule has 0 spiro atoms. The standard InChI is InChI=1S/C12H19FN5O4P/c1-3-21-23(19,22-4-2)12(13)20-6-5-18-8-17-9-10(14)15-7-16-11(9)18/h7-8,12H,3-6H2,1-2H3,(H2,14,15,16). The largest absolute Gasteiger partial charge is 0.391 e. The number of nitrogens with two attached hydrogens (primary N) is 1. The second-order valence-electron chi connectivity index (χ2n) is 4.41. The van der Waals surface area contributed by atoms with Crippen LogP contribution in [-0.4, -0.2) is 45.4 Å². The number of hydrogen-bond acceptors (Lipinski definition) is 8. The second kappa shape index (κ2) is 7.78. The molecule has 2 heterocycles. The highest BCUT2D eigenvalue weighted by Gasteiger charge is 2.36. The highest BCUT2D eigenvalue weighted by Crippen LogP contribution is 2.53. The van der Waals surface area contributed by atoms with E-state index in [0.29, 0.717) is 11.2 Å². The van der Waals surface area contributed by atoms with E-state index in [2.05, 4.69) is 15.0 Å². The Kier molecular flexibility index (Phi) is 6.00. The average molecular weight is 347 g/mol. The Bertz CT molecular complexity index is 687. The summed E-state index contributed by atoms with van der Waals surface area (Å²) in [6, 6.07) is 0. The summed E-state index contributed by atoms with van der Waals surface area (Å²) in [6.45, 7) is 3.49. The van der Waals surface area contributed by atoms with Crippen molar-refractivity contribution in [3.63, 3.8) is 0 Å². The van der Waals surface area contributed by atoms with Crippen LogP contribution in [0.2, 0.25) is 0 Å². The van der Waals surface area contributed by atoms with Crippen LogP contribution in [0.15, 0.2) is 12.7 Å². The van der Waals surface area contributed by atoms with Gasteiger partial charge in [0.2, 0.25) is 0 Å². The first kappa shape index (κ1) is 17.7. The lowest BCUT2D eigenvalue weighted by Gasteiger charge is -2.20. The predicted molar refractivity (Wildman–Crippen MR) is 81.4 cm³/mol. The fourth-order valence-electron chi connectivity index (χ4n) is 1.92. The molecule has 0 aliphatic rings. The van der Waals surface area contributed by atoms with Gasteiger partial charge in [0.1, 0.15) is 11.8 Å². The fraction of sp³-hybridized carbons (Fsp3) is 0.583. The van der Waals surface area contributed by atoms with Crippen molar-refractivity contribution in [1.29, 1.82) is 0 Å². The fourth-order valence-corrected chi connectivity index (χ4v) is 3.23. The summed E-state index contributed by atoms with van der Waals surface area (Å²) >= 11 is 0. The summed E-state index contributed by atoms with van der Waals surface area (Å²) < 4.78 is 42.5. The van der Waals surface area contributed by atoms with Crippen molar-refractivity contribution in [3.05, 3.63) is 12.7 Å². The Hall–Kier alpha value is -1.61. The number of fused-ring (bicyclic) bond motifs is 1. The van der Waals surface area contributed by atoms with Gasteiger partial charge in [-0.3, -0.25) is 4.57 Å². The molecule has 2 N–H and O–H groups in total. The van der Waals surface area contributed by atoms with Crippen LogP contribution in [0.5, 0.6) is 0 Å². The van der Waals surface area contributed by atoms with Crippen LogP contribution in [0.25, 0.3) is 11.2 Å². The molecule has 0 aliphatic heterocycles. The number of halogens is 1. The molecule has 0 bridgehead atoms. The summed E-state index contributed by atoms with van der Waals surface area (Å²) in [5, 5.41) is 0. The molecule has 0 saturated heterocycles. The summed E-state index contributed by atoms with van der Waals surface area (Å²) in [5.41, 5.74) is 6.65. The zero-order valence-electron chi connectivity index (χ0n) is 12.9. The van der Waals surface area contributed by atoms with E-state index in [0.717, 1.165) is 0 Å². The van der Waals surface area contributed by atoms with Crippen molar-refractivity contribution in [1.82, 2.24) is 19.5 Å². The molecular weight excluding hydrogens is 328 g/mol. The second-order valence-corrected chi connectivity index (χ2v) is 6.41. The molecule has 0 radical (unpaired) electrons. The van der Waals surface area contributed by atoms with E-state index in [9.17, 15) is 8.96 Å². The molecule has 0 fully saturated rings. The van der Waals surface area contributed by atoms with E-state index in [1.807, 2.05) is 0 Å². The number of hydrogen-bond donors (Lipinski definition) is 1. The molecule has 1 unspecified atom stereocenters. The van der Waals surface area contributed by atoms with Crippen LogP contribution in [-0.2, 0) is 24.9 Å². The Balaban J connectivity index is 1.98. The number of nitrogens with zero attached hydrogens (tertiary/aromatic N) is 4. The summed E-state index contributed by atoms with van der Waals surface area (Å²) in [4.78, 5) is 12.0. The number of aromatic nitrogens is 4. The third kappa shape index (κ3) is 4.03. The maximum absolute atomic E-state index is 14.0. The van der Waals surface area contributed by atoms with Gasteiger partial charge in [-0.15, -0.1) is 0 Å². The van der Waals surface area contributed by atoms with Crippen LogP contribution >= 0.6 is 7.60 Å². The van der Waals surface area contributed by atoms with Gasteiger partial charge in [-0.1, -0.05) is 0 Å². The van der Waals surface area contributed by atoms with Crippen molar-refractivity contribution >= 4 is 24.6 Å². The molecule has 2 aromatic heterocycles. The molecule has 0 amide bonds. The predicted octanol–water partition coefficient (Wildman–Crippen LogP) is 1.94. The zero-order valence-corrected chi connectivity index (χ0v) is 13.8. The maximum atomic E-state index is 14.0. The quantitative estimate of drug-likeness (QED) is 0.685. The Morgan fingerprint density at radius 3 is 2.65 bits per heavy atom. The van der Waals surface area contributed by atoms with Gasteiger partial charge in [-0.25, -0.2) is 19.3 Å². The Morgan fingerprint density at radius 2 is 2.00 bits per heavy atom. The van der Waals surface area contributed by atoms with Gasteiger partial charge < -0.3 is 24.1 Å². The van der Waals surface area contributed by atoms with Crippen LogP contribution in [0.3, 0.4) is 0 Å². The first-order valence-corrected chi connectivity index (χ1v) is 8.68. The van der Waals surface area contributed by atoms with Gasteiger partial charge in [0.05, 0.1) is 26.1 Å². The van der Waals surface area contributed by atoms with E-state index in [-0.39, 0.29) is 32.2 Å². The number of anilines is 1. The summed E-state index contributed by atoms with van der Waals surface area (Å²) in [6.07, 6.45) is 0.654. The lowest BCUT2D eigenvalue weighted by atomic mass is 10.5. The van der Waals surface area contributed by atoms with Gasteiger partial charge in [-0.05, 0) is 13.8 Å². The molecule has 23 heavy (non-hydrogen) atoms. The van der Waals surface area contributed by atoms with Gasteiger partial charge >= 0.3 is 13.7 Å². The van der Waals surface area contributed by atoms with E-state index in [4.69, 9.17) is 19.5 Å². The molecule has 0 aliphatic carbocycles. The third-order valence-corrected chi connectivity index (χ3v) is 4.77. The van der Waals surface area contributed by atoms with Crippen molar-refractivity contribution in [2.45, 2.75) is 26.5 Å². The lowest BCUT2D eigenvalue weighted by molar-refractivity contribution is -0.00917. The van der Waals surface area contributed by atoms with Crippen LogP contribution in [0, 0.1) is 0 Å². The minimum Gasteiger partial charge on any atom is -0.382 e. The molecule has 0 saturated carbocycles. The Labute approximate surface area is 132 Å². The normalized spacial score (nSPS) is 13.5. The van der Waals surface area contributed by atoms with Crippen LogP contribution in [0.1, 0.15) is 13.8 Å². The number of ether oxygens (including phenoxy) is 1. The molecule has 1 atom stereocenters. The number of rotatable bonds is 9. The minimum atomic E-state index is -3.93. The topological polar surface area (TPSA) is 114 Å². The Morgan fingerprint density at radius 1 is 1.30 bits per heavy atom. The van der Waals surface area contributed by atoms with Gasteiger partial charge in [-0.2, -0.15) is 0 Å². The molecule has 11 heteroatoms. The number of imidazole rings is 1. The highest BCUT2D eigenvalue weighted by molar-refractivity contribution is 7.54. The third-order valence-electron chi connectivity index (χ3n) is 2.88. The van der Waals surface area contributed by atoms with Gasteiger partial charge in [0.15, 0.2) is 11.5 Å². The molecule has 128 valence electrons. The van der Waals surface area contributed by atoms with E-state index < -0.39 is 13.7 Å². The maximum Gasteiger partial charge on any atom is 0.391 e. The number of nitrogen functional groups attached to an aromatic ring is 1. The van der Waals surface area contributed by atoms with Crippen molar-refractivity contribution in [2.24, 2.45) is 0 Å². The zero-order chi connectivity index (χ0) is 16.9. The van der Waals surface area contributed by atoms with Gasteiger partial charge in [0.25, 0.3) is 0 Å². The highest BCUT2D eigenvalue weighted by atomic mass is 31.2. The van der Waals surface area contributed by atoms with Crippen LogP contribution < -0.4 is 5.73 Å². The summed E-state index contributed by atoms with van der Waals surface area (Å²) in [5.74, 6) is 0.259. The van der Waals surface area contributed by atoms with E-state index >= 15 is 0 Å². The van der Waals surface area contributed by atoms with Crippen molar-refractivity contribution in [2.75, 3.05) is 25.6 Å². The lowest BCUT2D eigenvalue weighted by Crippen LogP contribution is -2.15. The van der Waals surface area contributed by atoms with Gasteiger partial charge in [0, 0.05) is 6.54 Å². The first-order chi connectivity index (χ1) is 11.0. The van der Waals surface area contributed by atoms with Crippen molar-refractivity contribution in [3.8, 4) is 0 Å². The van der Waals surface area contributed by atoms with Crippen LogP contribution in [0.4, 0.5) is 10.2 Å². The SMILES string of the molecule is CCOP(=O)(OCC)C(F)OCCn1cnc2c(N)ncnc21. The molecule has 2 aromatic rings. The molecular formula is C12H19FN5O4P. The van der Waals surface area contributed by atoms with Crippen molar-refractivity contribution < 1.29 is 22.7 Å². The smallest absolute Gasteiger partial charge is 0.382 e. The number of alkyl halides is 1. The van der Waals surface area contributed by atoms with E-state index in [1.54, 1.807) is 18.4 Å². The monoisotopic (exact) mass is 347 g/mol. The molecule has 2 rings (SSSR count). The average Bonchev–Trinajstić information content (AvgIpc) is 2.92.